The highest BCUT2D eigenvalue weighted by Gasteiger charge is 2.48. The molecule has 0 aliphatic heterocycles. The molecular formula is C41H26S. The number of benzene rings is 7. The van der Waals surface area contributed by atoms with Crippen molar-refractivity contribution in [1.29, 1.82) is 0 Å². The van der Waals surface area contributed by atoms with E-state index in [4.69, 9.17) is 0 Å². The van der Waals surface area contributed by atoms with E-state index in [-0.39, 0.29) is 0 Å². The summed E-state index contributed by atoms with van der Waals surface area (Å²) in [6, 6.07) is 58.5. The van der Waals surface area contributed by atoms with Gasteiger partial charge in [-0.25, -0.2) is 0 Å². The van der Waals surface area contributed by atoms with Gasteiger partial charge in [-0.15, -0.1) is 11.3 Å². The monoisotopic (exact) mass is 550 g/mol. The molecule has 0 spiro atoms. The van der Waals surface area contributed by atoms with Crippen LogP contribution in [0.1, 0.15) is 22.3 Å². The molecule has 0 amide bonds. The van der Waals surface area contributed by atoms with Gasteiger partial charge >= 0.3 is 0 Å². The van der Waals surface area contributed by atoms with Crippen LogP contribution in [-0.2, 0) is 5.41 Å². The van der Waals surface area contributed by atoms with Crippen LogP contribution < -0.4 is 0 Å². The van der Waals surface area contributed by atoms with Crippen LogP contribution in [0.5, 0.6) is 0 Å². The fraction of sp³-hybridized carbons (Fsp3) is 0.0244. The molecule has 1 aromatic heterocycles. The highest BCUT2D eigenvalue weighted by molar-refractivity contribution is 7.25. The standard InChI is InChI=1S/C41H26S/c1-3-14-29(15-4-1)41(30-16-5-2-6-17-30)36-21-11-9-20-33(36)39-34(25-27-13-7-8-18-31(27)40(39)41)28-23-24-38-35(26-28)32-19-10-12-22-37(32)42-38/h1-26H. The van der Waals surface area contributed by atoms with E-state index in [0.717, 1.165) is 0 Å². The first-order valence-corrected chi connectivity index (χ1v) is 15.3. The molecule has 1 heteroatoms. The van der Waals surface area contributed by atoms with Crippen LogP contribution in [0.2, 0.25) is 0 Å². The van der Waals surface area contributed by atoms with Gasteiger partial charge in [-0.1, -0.05) is 133 Å². The predicted octanol–water partition coefficient (Wildman–Crippen LogP) is 11.2. The van der Waals surface area contributed by atoms with Crippen LogP contribution in [-0.4, -0.2) is 0 Å². The van der Waals surface area contributed by atoms with Crippen molar-refractivity contribution in [2.75, 3.05) is 0 Å². The number of hydrogen-bond acceptors (Lipinski definition) is 1. The Morgan fingerprint density at radius 2 is 1.05 bits per heavy atom. The smallest absolute Gasteiger partial charge is 0.0719 e. The number of fused-ring (bicyclic) bond motifs is 8. The summed E-state index contributed by atoms with van der Waals surface area (Å²) in [5, 5.41) is 5.24. The fourth-order valence-electron chi connectivity index (χ4n) is 7.44. The second-order valence-electron chi connectivity index (χ2n) is 11.2. The van der Waals surface area contributed by atoms with E-state index in [1.54, 1.807) is 0 Å². The van der Waals surface area contributed by atoms with Gasteiger partial charge in [0.2, 0.25) is 0 Å². The number of hydrogen-bond donors (Lipinski definition) is 0. The molecule has 0 fully saturated rings. The zero-order valence-corrected chi connectivity index (χ0v) is 23.7. The van der Waals surface area contributed by atoms with Gasteiger partial charge in [0.1, 0.15) is 0 Å². The summed E-state index contributed by atoms with van der Waals surface area (Å²) in [6.07, 6.45) is 0. The molecule has 7 aromatic carbocycles. The normalized spacial score (nSPS) is 13.4. The molecule has 1 heterocycles. The van der Waals surface area contributed by atoms with Crippen LogP contribution in [0.25, 0.3) is 53.2 Å². The highest BCUT2D eigenvalue weighted by atomic mass is 32.1. The molecule has 0 saturated carbocycles. The molecule has 8 aromatic rings. The van der Waals surface area contributed by atoms with Crippen LogP contribution in [0.15, 0.2) is 158 Å². The Kier molecular flexibility index (Phi) is 5.08. The van der Waals surface area contributed by atoms with Crippen molar-refractivity contribution in [3.63, 3.8) is 0 Å². The third-order valence-corrected chi connectivity index (χ3v) is 10.3. The summed E-state index contributed by atoms with van der Waals surface area (Å²) in [5.74, 6) is 0. The average molecular weight is 551 g/mol. The van der Waals surface area contributed by atoms with Gasteiger partial charge in [0.15, 0.2) is 0 Å². The third kappa shape index (κ3) is 3.17. The van der Waals surface area contributed by atoms with Crippen molar-refractivity contribution < 1.29 is 0 Å². The maximum Gasteiger partial charge on any atom is 0.0719 e. The van der Waals surface area contributed by atoms with Gasteiger partial charge < -0.3 is 0 Å². The molecule has 0 nitrogen and oxygen atoms in total. The summed E-state index contributed by atoms with van der Waals surface area (Å²) in [7, 11) is 0. The van der Waals surface area contributed by atoms with Gasteiger partial charge in [0, 0.05) is 20.2 Å². The van der Waals surface area contributed by atoms with Crippen molar-refractivity contribution in [3.8, 4) is 22.3 Å². The Morgan fingerprint density at radius 1 is 0.429 bits per heavy atom. The summed E-state index contributed by atoms with van der Waals surface area (Å²) in [5.41, 5.74) is 10.1. The lowest BCUT2D eigenvalue weighted by atomic mass is 9.66. The summed E-state index contributed by atoms with van der Waals surface area (Å²) in [4.78, 5) is 0. The topological polar surface area (TPSA) is 0 Å². The SMILES string of the molecule is c1ccc(C2(c3ccccc3)c3ccccc3-c3c(-c4ccc5sc6ccccc6c5c4)cc4ccccc4c32)cc1. The zero-order chi connectivity index (χ0) is 27.7. The lowest BCUT2D eigenvalue weighted by molar-refractivity contribution is 0.775. The van der Waals surface area contributed by atoms with Crippen molar-refractivity contribution in [2.45, 2.75) is 5.41 Å². The lowest BCUT2D eigenvalue weighted by Crippen LogP contribution is -2.28. The van der Waals surface area contributed by atoms with Crippen LogP contribution in [0.3, 0.4) is 0 Å². The Hall–Kier alpha value is -4.98. The Balaban J connectivity index is 1.47. The Labute approximate surface area is 249 Å². The second-order valence-corrected chi connectivity index (χ2v) is 12.3. The molecular weight excluding hydrogens is 525 g/mol. The first-order chi connectivity index (χ1) is 20.8. The second kappa shape index (κ2) is 9.01. The van der Waals surface area contributed by atoms with Crippen molar-refractivity contribution in [3.05, 3.63) is 180 Å². The molecule has 0 atom stereocenters. The number of rotatable bonds is 3. The number of thiophene rings is 1. The third-order valence-electron chi connectivity index (χ3n) is 9.13. The first kappa shape index (κ1) is 23.7. The largest absolute Gasteiger partial charge is 0.135 e. The van der Waals surface area contributed by atoms with Gasteiger partial charge in [-0.3, -0.25) is 0 Å². The average Bonchev–Trinajstić information content (AvgIpc) is 3.59. The van der Waals surface area contributed by atoms with E-state index in [0.29, 0.717) is 0 Å². The van der Waals surface area contributed by atoms with Crippen LogP contribution in [0.4, 0.5) is 0 Å². The van der Waals surface area contributed by atoms with Gasteiger partial charge in [-0.05, 0) is 79.5 Å². The molecule has 1 aliphatic carbocycles. The molecule has 42 heavy (non-hydrogen) atoms. The Bertz CT molecular complexity index is 2250. The molecule has 1 aliphatic rings. The maximum atomic E-state index is 2.42. The molecule has 0 unspecified atom stereocenters. The minimum Gasteiger partial charge on any atom is -0.135 e. The molecule has 0 bridgehead atoms. The zero-order valence-electron chi connectivity index (χ0n) is 22.9. The van der Waals surface area contributed by atoms with E-state index in [1.807, 2.05) is 11.3 Å². The van der Waals surface area contributed by atoms with Crippen molar-refractivity contribution >= 4 is 42.3 Å². The molecule has 0 saturated heterocycles. The lowest BCUT2D eigenvalue weighted by Gasteiger charge is -2.35. The highest BCUT2D eigenvalue weighted by Crippen LogP contribution is 2.60. The molecule has 9 rings (SSSR count). The van der Waals surface area contributed by atoms with E-state index in [9.17, 15) is 0 Å². The molecule has 196 valence electrons. The predicted molar refractivity (Wildman–Crippen MR) is 180 cm³/mol. The van der Waals surface area contributed by atoms with E-state index >= 15 is 0 Å². The molecule has 0 N–H and O–H groups in total. The van der Waals surface area contributed by atoms with E-state index in [2.05, 4.69) is 158 Å². The van der Waals surface area contributed by atoms with E-state index < -0.39 is 5.41 Å². The Morgan fingerprint density at radius 3 is 1.83 bits per heavy atom. The van der Waals surface area contributed by atoms with E-state index in [1.165, 1.54) is 75.5 Å². The minimum absolute atomic E-state index is 0.441. The maximum absolute atomic E-state index is 2.42. The van der Waals surface area contributed by atoms with Gasteiger partial charge in [0.05, 0.1) is 5.41 Å². The summed E-state index contributed by atoms with van der Waals surface area (Å²) in [6.45, 7) is 0. The van der Waals surface area contributed by atoms with Crippen molar-refractivity contribution in [1.82, 2.24) is 0 Å². The van der Waals surface area contributed by atoms with Gasteiger partial charge in [-0.2, -0.15) is 0 Å². The minimum atomic E-state index is -0.441. The fourth-order valence-corrected chi connectivity index (χ4v) is 8.53. The van der Waals surface area contributed by atoms with Crippen LogP contribution >= 0.6 is 11.3 Å². The quantitative estimate of drug-likeness (QED) is 0.205. The van der Waals surface area contributed by atoms with Crippen molar-refractivity contribution in [2.24, 2.45) is 0 Å². The summed E-state index contributed by atoms with van der Waals surface area (Å²) < 4.78 is 2.67. The van der Waals surface area contributed by atoms with Crippen LogP contribution in [0, 0.1) is 0 Å². The first-order valence-electron chi connectivity index (χ1n) is 14.5. The van der Waals surface area contributed by atoms with Gasteiger partial charge in [0.25, 0.3) is 0 Å². The summed E-state index contributed by atoms with van der Waals surface area (Å²) >= 11 is 1.88. The molecule has 0 radical (unpaired) electrons.